The lowest BCUT2D eigenvalue weighted by Gasteiger charge is -2.32. The average Bonchev–Trinajstić information content (AvgIpc) is 2.93. The lowest BCUT2D eigenvalue weighted by atomic mass is 9.97. The molecule has 1 aliphatic heterocycles. The molecule has 1 saturated heterocycles. The van der Waals surface area contributed by atoms with E-state index in [1.165, 1.54) is 0 Å². The molecule has 1 fully saturated rings. The van der Waals surface area contributed by atoms with Gasteiger partial charge in [0.25, 0.3) is 0 Å². The predicted octanol–water partition coefficient (Wildman–Crippen LogP) is 0.649. The number of carbonyl (C=O) groups excluding carboxylic acids is 2. The lowest BCUT2D eigenvalue weighted by Crippen LogP contribution is -2.48. The fourth-order valence-electron chi connectivity index (χ4n) is 2.60. The van der Waals surface area contributed by atoms with Crippen LogP contribution in [0.1, 0.15) is 31.4 Å². The molecule has 0 saturated carbocycles. The van der Waals surface area contributed by atoms with Crippen molar-refractivity contribution in [1.82, 2.24) is 25.3 Å². The van der Waals surface area contributed by atoms with Crippen LogP contribution in [0.5, 0.6) is 0 Å². The Balaban J connectivity index is 1.92. The van der Waals surface area contributed by atoms with Gasteiger partial charge in [-0.15, -0.1) is 0 Å². The minimum atomic E-state index is -0.125. The van der Waals surface area contributed by atoms with Gasteiger partial charge in [0, 0.05) is 38.9 Å². The summed E-state index contributed by atoms with van der Waals surface area (Å²) in [6.07, 6.45) is 5.32. The number of hydrogen-bond donors (Lipinski definition) is 2. The first-order valence-electron chi connectivity index (χ1n) is 7.27. The highest BCUT2D eigenvalue weighted by Crippen LogP contribution is 2.18. The normalized spacial score (nSPS) is 20.0. The molecular weight excluding hydrogens is 270 g/mol. The maximum atomic E-state index is 12.3. The number of hydrogen-bond acceptors (Lipinski definition) is 3. The maximum absolute atomic E-state index is 12.3. The molecule has 116 valence electrons. The van der Waals surface area contributed by atoms with E-state index in [2.05, 4.69) is 15.7 Å². The number of aryl methyl sites for hydroxylation is 1. The second-order valence-corrected chi connectivity index (χ2v) is 5.52. The number of nitrogens with one attached hydrogen (secondary N) is 2. The van der Waals surface area contributed by atoms with Crippen LogP contribution in [-0.4, -0.2) is 46.8 Å². The Morgan fingerprint density at radius 2 is 2.24 bits per heavy atom. The molecule has 2 rings (SSSR count). The van der Waals surface area contributed by atoms with E-state index in [1.807, 2.05) is 20.2 Å². The molecular formula is C14H23N5O2. The van der Waals surface area contributed by atoms with Crippen molar-refractivity contribution in [3.05, 3.63) is 18.0 Å². The Morgan fingerprint density at radius 3 is 2.86 bits per heavy atom. The van der Waals surface area contributed by atoms with E-state index in [0.29, 0.717) is 13.1 Å². The van der Waals surface area contributed by atoms with Crippen LogP contribution < -0.4 is 10.6 Å². The largest absolute Gasteiger partial charge is 0.359 e. The second-order valence-electron chi connectivity index (χ2n) is 5.52. The van der Waals surface area contributed by atoms with Crippen molar-refractivity contribution in [1.29, 1.82) is 0 Å². The zero-order valence-corrected chi connectivity index (χ0v) is 12.8. The van der Waals surface area contributed by atoms with Gasteiger partial charge in [-0.25, -0.2) is 4.79 Å². The highest BCUT2D eigenvalue weighted by molar-refractivity contribution is 5.80. The highest BCUT2D eigenvalue weighted by Gasteiger charge is 2.28. The van der Waals surface area contributed by atoms with Crippen LogP contribution in [0.3, 0.4) is 0 Å². The molecule has 7 nitrogen and oxygen atoms in total. The Morgan fingerprint density at radius 1 is 1.48 bits per heavy atom. The Hall–Kier alpha value is -2.05. The summed E-state index contributed by atoms with van der Waals surface area (Å²) in [6.45, 7) is 3.10. The minimum Gasteiger partial charge on any atom is -0.359 e. The van der Waals surface area contributed by atoms with Gasteiger partial charge in [0.15, 0.2) is 0 Å². The summed E-state index contributed by atoms with van der Waals surface area (Å²) in [7, 11) is 3.47. The molecule has 0 aliphatic carbocycles. The molecule has 0 spiro atoms. The van der Waals surface area contributed by atoms with E-state index >= 15 is 0 Å². The van der Waals surface area contributed by atoms with E-state index in [4.69, 9.17) is 0 Å². The van der Waals surface area contributed by atoms with Crippen LogP contribution in [0.2, 0.25) is 0 Å². The van der Waals surface area contributed by atoms with E-state index in [-0.39, 0.29) is 23.9 Å². The first-order chi connectivity index (χ1) is 10.0. The second kappa shape index (κ2) is 6.60. The Bertz CT molecular complexity index is 513. The van der Waals surface area contributed by atoms with Crippen molar-refractivity contribution in [3.8, 4) is 0 Å². The molecule has 1 aromatic rings. The fraction of sp³-hybridized carbons (Fsp3) is 0.643. The van der Waals surface area contributed by atoms with Crippen molar-refractivity contribution in [2.24, 2.45) is 13.0 Å². The van der Waals surface area contributed by atoms with Crippen molar-refractivity contribution >= 4 is 11.9 Å². The SMILES string of the molecule is CNC(=O)[C@H]1CCCN(C(=O)N[C@@H](C)c2cnn(C)c2)C1. The molecule has 0 aromatic carbocycles. The molecule has 2 heterocycles. The van der Waals surface area contributed by atoms with Gasteiger partial charge in [-0.1, -0.05) is 0 Å². The maximum Gasteiger partial charge on any atom is 0.317 e. The molecule has 21 heavy (non-hydrogen) atoms. The fourth-order valence-corrected chi connectivity index (χ4v) is 2.60. The van der Waals surface area contributed by atoms with Gasteiger partial charge in [-0.2, -0.15) is 5.10 Å². The summed E-state index contributed by atoms with van der Waals surface area (Å²) in [6, 6.07) is -0.230. The summed E-state index contributed by atoms with van der Waals surface area (Å²) in [5.74, 6) is -0.101. The summed E-state index contributed by atoms with van der Waals surface area (Å²) < 4.78 is 1.71. The van der Waals surface area contributed by atoms with Crippen LogP contribution in [0.25, 0.3) is 0 Å². The molecule has 0 radical (unpaired) electrons. The average molecular weight is 293 g/mol. The standard InChI is InChI=1S/C14H23N5O2/c1-10(12-7-16-18(3)8-12)17-14(21)19-6-4-5-11(9-19)13(20)15-2/h7-8,10-11H,4-6,9H2,1-3H3,(H,15,20)(H,17,21)/t10-,11-/m0/s1. The van der Waals surface area contributed by atoms with Crippen molar-refractivity contribution in [2.75, 3.05) is 20.1 Å². The Labute approximate surface area is 124 Å². The molecule has 1 aromatic heterocycles. The zero-order chi connectivity index (χ0) is 15.4. The van der Waals surface area contributed by atoms with Gasteiger partial charge in [-0.05, 0) is 19.8 Å². The van der Waals surface area contributed by atoms with E-state index in [9.17, 15) is 9.59 Å². The molecule has 2 atom stereocenters. The molecule has 3 amide bonds. The third-order valence-electron chi connectivity index (χ3n) is 3.89. The van der Waals surface area contributed by atoms with Crippen LogP contribution >= 0.6 is 0 Å². The number of likely N-dealkylation sites (tertiary alicyclic amines) is 1. The topological polar surface area (TPSA) is 79.3 Å². The van der Waals surface area contributed by atoms with Crippen molar-refractivity contribution < 1.29 is 9.59 Å². The number of carbonyl (C=O) groups is 2. The Kier molecular flexibility index (Phi) is 4.82. The molecule has 2 N–H and O–H groups in total. The van der Waals surface area contributed by atoms with Gasteiger partial charge in [-0.3, -0.25) is 9.48 Å². The van der Waals surface area contributed by atoms with E-state index in [1.54, 1.807) is 22.8 Å². The highest BCUT2D eigenvalue weighted by atomic mass is 16.2. The zero-order valence-electron chi connectivity index (χ0n) is 12.8. The first-order valence-corrected chi connectivity index (χ1v) is 7.27. The van der Waals surface area contributed by atoms with Gasteiger partial charge in [0.2, 0.25) is 5.91 Å². The first kappa shape index (κ1) is 15.3. The number of rotatable bonds is 3. The number of aromatic nitrogens is 2. The number of amides is 3. The van der Waals surface area contributed by atoms with Crippen molar-refractivity contribution in [2.45, 2.75) is 25.8 Å². The van der Waals surface area contributed by atoms with Gasteiger partial charge >= 0.3 is 6.03 Å². The summed E-state index contributed by atoms with van der Waals surface area (Å²) in [5.41, 5.74) is 0.964. The number of nitrogens with zero attached hydrogens (tertiary/aromatic N) is 3. The third-order valence-corrected chi connectivity index (χ3v) is 3.89. The van der Waals surface area contributed by atoms with Crippen LogP contribution in [0, 0.1) is 5.92 Å². The van der Waals surface area contributed by atoms with E-state index < -0.39 is 0 Å². The monoisotopic (exact) mass is 293 g/mol. The summed E-state index contributed by atoms with van der Waals surface area (Å²) in [4.78, 5) is 25.7. The number of urea groups is 1. The number of piperidine rings is 1. The van der Waals surface area contributed by atoms with Crippen LogP contribution in [-0.2, 0) is 11.8 Å². The lowest BCUT2D eigenvalue weighted by molar-refractivity contribution is -0.125. The third kappa shape index (κ3) is 3.74. The van der Waals surface area contributed by atoms with Gasteiger partial charge < -0.3 is 15.5 Å². The summed E-state index contributed by atoms with van der Waals surface area (Å²) >= 11 is 0. The quantitative estimate of drug-likeness (QED) is 0.858. The molecule has 0 bridgehead atoms. The molecule has 0 unspecified atom stereocenters. The molecule has 1 aliphatic rings. The van der Waals surface area contributed by atoms with Crippen LogP contribution in [0.15, 0.2) is 12.4 Å². The van der Waals surface area contributed by atoms with Crippen molar-refractivity contribution in [3.63, 3.8) is 0 Å². The van der Waals surface area contributed by atoms with Gasteiger partial charge in [0.1, 0.15) is 0 Å². The minimum absolute atomic E-state index is 0.00723. The summed E-state index contributed by atoms with van der Waals surface area (Å²) in [5, 5.41) is 9.72. The van der Waals surface area contributed by atoms with E-state index in [0.717, 1.165) is 18.4 Å². The smallest absolute Gasteiger partial charge is 0.317 e. The van der Waals surface area contributed by atoms with Crippen LogP contribution in [0.4, 0.5) is 4.79 Å². The predicted molar refractivity (Wildman–Crippen MR) is 78.5 cm³/mol. The molecule has 7 heteroatoms. The van der Waals surface area contributed by atoms with Gasteiger partial charge in [0.05, 0.1) is 18.2 Å².